The number of amides is 1. The molecule has 1 aromatic carbocycles. The van der Waals surface area contributed by atoms with Gasteiger partial charge in [0.25, 0.3) is 5.91 Å². The number of hydrogen-bond acceptors (Lipinski definition) is 4. The second-order valence-electron chi connectivity index (χ2n) is 4.88. The number of hydrogen-bond donors (Lipinski definition) is 0. The van der Waals surface area contributed by atoms with E-state index in [4.69, 9.17) is 9.47 Å². The molecule has 1 atom stereocenters. The van der Waals surface area contributed by atoms with Crippen LogP contribution in [0.25, 0.3) is 0 Å². The van der Waals surface area contributed by atoms with Gasteiger partial charge < -0.3 is 14.4 Å². The van der Waals surface area contributed by atoms with Crippen LogP contribution < -0.4 is 4.74 Å². The van der Waals surface area contributed by atoms with Gasteiger partial charge in [-0.05, 0) is 31.4 Å². The molecule has 6 heteroatoms. The molecule has 0 aromatic heterocycles. The van der Waals surface area contributed by atoms with E-state index in [9.17, 15) is 14.0 Å². The van der Waals surface area contributed by atoms with E-state index < -0.39 is 23.7 Å². The Morgan fingerprint density at radius 3 is 2.67 bits per heavy atom. The summed E-state index contributed by atoms with van der Waals surface area (Å²) in [5.41, 5.74) is -0.0633. The van der Waals surface area contributed by atoms with Gasteiger partial charge in [0.1, 0.15) is 17.6 Å². The second kappa shape index (κ2) is 6.56. The van der Waals surface area contributed by atoms with Crippen molar-refractivity contribution >= 4 is 11.9 Å². The molecule has 1 aromatic rings. The van der Waals surface area contributed by atoms with E-state index in [0.29, 0.717) is 18.7 Å². The maximum atomic E-state index is 14.0. The predicted molar refractivity (Wildman–Crippen MR) is 73.6 cm³/mol. The monoisotopic (exact) mass is 295 g/mol. The third kappa shape index (κ3) is 3.15. The van der Waals surface area contributed by atoms with Crippen LogP contribution in [0, 0.1) is 5.82 Å². The molecule has 0 bridgehead atoms. The molecule has 0 aliphatic carbocycles. The Morgan fingerprint density at radius 1 is 1.29 bits per heavy atom. The summed E-state index contributed by atoms with van der Waals surface area (Å²) >= 11 is 0. The quantitative estimate of drug-likeness (QED) is 0.800. The average molecular weight is 295 g/mol. The molecule has 21 heavy (non-hydrogen) atoms. The third-order valence-electron chi connectivity index (χ3n) is 3.64. The molecule has 0 radical (unpaired) electrons. The minimum atomic E-state index is -0.659. The molecule has 1 fully saturated rings. The second-order valence-corrected chi connectivity index (χ2v) is 4.88. The summed E-state index contributed by atoms with van der Waals surface area (Å²) in [6.45, 7) is 0.421. The van der Waals surface area contributed by atoms with Crippen LogP contribution in [0.4, 0.5) is 4.39 Å². The fraction of sp³-hybridized carbons (Fsp3) is 0.467. The molecule has 5 nitrogen and oxygen atoms in total. The number of benzene rings is 1. The number of rotatable bonds is 3. The minimum absolute atomic E-state index is 0.0633. The number of likely N-dealkylation sites (tertiary alicyclic amines) is 1. The number of ether oxygens (including phenoxy) is 2. The SMILES string of the molecule is COC(=O)[C@H]1CCCCN1C(=O)c1ccc(OC)cc1F. The number of carbonyl (C=O) groups excluding carboxylic acids is 2. The minimum Gasteiger partial charge on any atom is -0.497 e. The van der Waals surface area contributed by atoms with Crippen molar-refractivity contribution in [2.24, 2.45) is 0 Å². The Kier molecular flexibility index (Phi) is 4.77. The lowest BCUT2D eigenvalue weighted by atomic mass is 10.0. The van der Waals surface area contributed by atoms with E-state index in [0.717, 1.165) is 18.9 Å². The van der Waals surface area contributed by atoms with Crippen molar-refractivity contribution in [2.75, 3.05) is 20.8 Å². The van der Waals surface area contributed by atoms with Crippen LogP contribution >= 0.6 is 0 Å². The summed E-state index contributed by atoms with van der Waals surface area (Å²) in [5, 5.41) is 0. The van der Waals surface area contributed by atoms with Crippen molar-refractivity contribution in [3.05, 3.63) is 29.6 Å². The Hall–Kier alpha value is -2.11. The van der Waals surface area contributed by atoms with E-state index in [2.05, 4.69) is 0 Å². The van der Waals surface area contributed by atoms with Crippen LogP contribution in [0.15, 0.2) is 18.2 Å². The topological polar surface area (TPSA) is 55.8 Å². The summed E-state index contributed by atoms with van der Waals surface area (Å²) in [6.07, 6.45) is 2.17. The zero-order chi connectivity index (χ0) is 15.4. The lowest BCUT2D eigenvalue weighted by molar-refractivity contribution is -0.147. The molecule has 114 valence electrons. The zero-order valence-electron chi connectivity index (χ0n) is 12.1. The largest absolute Gasteiger partial charge is 0.497 e. The maximum Gasteiger partial charge on any atom is 0.328 e. The molecular weight excluding hydrogens is 277 g/mol. The standard InChI is InChI=1S/C15H18FNO4/c1-20-10-6-7-11(12(16)9-10)14(18)17-8-4-3-5-13(17)15(19)21-2/h6-7,9,13H,3-5,8H2,1-2H3/t13-/m1/s1. The van der Waals surface area contributed by atoms with Crippen LogP contribution in [0.1, 0.15) is 29.6 Å². The first-order chi connectivity index (χ1) is 10.1. The van der Waals surface area contributed by atoms with E-state index in [-0.39, 0.29) is 5.56 Å². The molecule has 0 spiro atoms. The van der Waals surface area contributed by atoms with E-state index in [1.807, 2.05) is 0 Å². The summed E-state index contributed by atoms with van der Waals surface area (Å²) in [4.78, 5) is 25.6. The molecule has 0 unspecified atom stereocenters. The number of methoxy groups -OCH3 is 2. The molecule has 0 saturated carbocycles. The first kappa shape index (κ1) is 15.3. The molecular formula is C15H18FNO4. The maximum absolute atomic E-state index is 14.0. The van der Waals surface area contributed by atoms with Crippen molar-refractivity contribution in [3.8, 4) is 5.75 Å². The van der Waals surface area contributed by atoms with Crippen molar-refractivity contribution < 1.29 is 23.5 Å². The highest BCUT2D eigenvalue weighted by atomic mass is 19.1. The van der Waals surface area contributed by atoms with E-state index in [1.54, 1.807) is 0 Å². The fourth-order valence-electron chi connectivity index (χ4n) is 2.51. The van der Waals surface area contributed by atoms with Gasteiger partial charge in [0, 0.05) is 12.6 Å². The number of halogens is 1. The predicted octanol–water partition coefficient (Wildman–Crippen LogP) is 2.00. The van der Waals surface area contributed by atoms with Crippen molar-refractivity contribution in [2.45, 2.75) is 25.3 Å². The number of piperidine rings is 1. The molecule has 1 saturated heterocycles. The van der Waals surface area contributed by atoms with Gasteiger partial charge in [-0.1, -0.05) is 0 Å². The Labute approximate surface area is 122 Å². The van der Waals surface area contributed by atoms with Gasteiger partial charge in [0.05, 0.1) is 19.8 Å². The van der Waals surface area contributed by atoms with Gasteiger partial charge in [-0.2, -0.15) is 0 Å². The average Bonchev–Trinajstić information content (AvgIpc) is 2.53. The van der Waals surface area contributed by atoms with Crippen LogP contribution in [-0.2, 0) is 9.53 Å². The number of nitrogens with zero attached hydrogens (tertiary/aromatic N) is 1. The Balaban J connectivity index is 2.26. The van der Waals surface area contributed by atoms with E-state index >= 15 is 0 Å². The smallest absolute Gasteiger partial charge is 0.328 e. The highest BCUT2D eigenvalue weighted by Crippen LogP contribution is 2.23. The highest BCUT2D eigenvalue weighted by Gasteiger charge is 2.34. The lowest BCUT2D eigenvalue weighted by Crippen LogP contribution is -2.48. The first-order valence-corrected chi connectivity index (χ1v) is 6.80. The molecule has 1 heterocycles. The van der Waals surface area contributed by atoms with Crippen LogP contribution in [0.3, 0.4) is 0 Å². The zero-order valence-corrected chi connectivity index (χ0v) is 12.1. The Morgan fingerprint density at radius 2 is 2.05 bits per heavy atom. The number of esters is 1. The van der Waals surface area contributed by atoms with Crippen molar-refractivity contribution in [1.29, 1.82) is 0 Å². The Bertz CT molecular complexity index is 546. The summed E-state index contributed by atoms with van der Waals surface area (Å²) in [6, 6.07) is 3.41. The third-order valence-corrected chi connectivity index (χ3v) is 3.64. The molecule has 2 rings (SSSR count). The summed E-state index contributed by atoms with van der Waals surface area (Å²) < 4.78 is 23.6. The highest BCUT2D eigenvalue weighted by molar-refractivity contribution is 5.97. The normalized spacial score (nSPS) is 18.2. The molecule has 1 amide bonds. The summed E-state index contributed by atoms with van der Waals surface area (Å²) in [5.74, 6) is -1.28. The fourth-order valence-corrected chi connectivity index (χ4v) is 2.51. The molecule has 0 N–H and O–H groups in total. The van der Waals surface area contributed by atoms with Crippen LogP contribution in [-0.4, -0.2) is 43.6 Å². The van der Waals surface area contributed by atoms with Crippen LogP contribution in [0.2, 0.25) is 0 Å². The van der Waals surface area contributed by atoms with Gasteiger partial charge >= 0.3 is 5.97 Å². The van der Waals surface area contributed by atoms with Crippen molar-refractivity contribution in [3.63, 3.8) is 0 Å². The lowest BCUT2D eigenvalue weighted by Gasteiger charge is -2.33. The molecule has 1 aliphatic rings. The van der Waals surface area contributed by atoms with Gasteiger partial charge in [-0.15, -0.1) is 0 Å². The van der Waals surface area contributed by atoms with Crippen LogP contribution in [0.5, 0.6) is 5.75 Å². The molecule has 1 aliphatic heterocycles. The van der Waals surface area contributed by atoms with E-state index in [1.165, 1.54) is 31.3 Å². The van der Waals surface area contributed by atoms with Gasteiger partial charge in [0.15, 0.2) is 0 Å². The first-order valence-electron chi connectivity index (χ1n) is 6.80. The van der Waals surface area contributed by atoms with Crippen molar-refractivity contribution in [1.82, 2.24) is 4.90 Å². The van der Waals surface area contributed by atoms with Gasteiger partial charge in [-0.3, -0.25) is 4.79 Å². The van der Waals surface area contributed by atoms with Gasteiger partial charge in [-0.25, -0.2) is 9.18 Å². The number of carbonyl (C=O) groups is 2. The summed E-state index contributed by atoms with van der Waals surface area (Å²) in [7, 11) is 2.71. The van der Waals surface area contributed by atoms with Gasteiger partial charge in [0.2, 0.25) is 0 Å².